The van der Waals surface area contributed by atoms with Gasteiger partial charge in [-0.25, -0.2) is 0 Å². The molecule has 0 bridgehead atoms. The fourth-order valence-corrected chi connectivity index (χ4v) is 2.99. The molecular formula is C14H26N2O. The quantitative estimate of drug-likeness (QED) is 0.759. The smallest absolute Gasteiger partial charge is 0.229 e. The Balaban J connectivity index is 2.22. The van der Waals surface area contributed by atoms with Gasteiger partial charge in [-0.05, 0) is 40.5 Å². The molecule has 0 atom stereocenters. The minimum absolute atomic E-state index is 0.0337. The van der Waals surface area contributed by atoms with Crippen LogP contribution in [-0.4, -0.2) is 35.5 Å². The van der Waals surface area contributed by atoms with Crippen molar-refractivity contribution in [1.29, 1.82) is 0 Å². The van der Waals surface area contributed by atoms with Crippen molar-refractivity contribution in [3.63, 3.8) is 0 Å². The monoisotopic (exact) mass is 238 g/mol. The van der Waals surface area contributed by atoms with Crippen LogP contribution in [0, 0.1) is 5.41 Å². The highest BCUT2D eigenvalue weighted by Gasteiger charge is 2.42. The van der Waals surface area contributed by atoms with Crippen LogP contribution in [0.25, 0.3) is 0 Å². The lowest BCUT2D eigenvalue weighted by molar-refractivity contribution is -0.141. The first-order chi connectivity index (χ1) is 7.82. The van der Waals surface area contributed by atoms with Crippen LogP contribution < -0.4 is 5.32 Å². The number of carbonyl (C=O) groups is 1. The van der Waals surface area contributed by atoms with Gasteiger partial charge in [-0.1, -0.05) is 12.8 Å². The molecule has 0 aromatic rings. The lowest BCUT2D eigenvalue weighted by Crippen LogP contribution is -2.50. The highest BCUT2D eigenvalue weighted by molar-refractivity contribution is 5.83. The fourth-order valence-electron chi connectivity index (χ4n) is 2.99. The van der Waals surface area contributed by atoms with E-state index in [9.17, 15) is 4.79 Å². The minimum atomic E-state index is -0.267. The van der Waals surface area contributed by atoms with Crippen LogP contribution in [0.4, 0.5) is 0 Å². The molecule has 2 rings (SSSR count). The second-order valence-corrected chi connectivity index (χ2v) is 6.99. The Morgan fingerprint density at radius 2 is 1.76 bits per heavy atom. The van der Waals surface area contributed by atoms with E-state index in [2.05, 4.69) is 37.9 Å². The molecule has 1 amide bonds. The summed E-state index contributed by atoms with van der Waals surface area (Å²) in [6.45, 7) is 10.1. The molecule has 1 heterocycles. The maximum absolute atomic E-state index is 12.6. The summed E-state index contributed by atoms with van der Waals surface area (Å²) in [7, 11) is 0. The topological polar surface area (TPSA) is 32.3 Å². The second-order valence-electron chi connectivity index (χ2n) is 6.99. The van der Waals surface area contributed by atoms with E-state index in [0.29, 0.717) is 11.9 Å². The van der Waals surface area contributed by atoms with E-state index < -0.39 is 0 Å². The number of nitrogens with one attached hydrogen (secondary N) is 1. The van der Waals surface area contributed by atoms with Crippen molar-refractivity contribution in [2.24, 2.45) is 5.41 Å². The third-order valence-electron chi connectivity index (χ3n) is 4.18. The van der Waals surface area contributed by atoms with Gasteiger partial charge in [0.2, 0.25) is 5.91 Å². The van der Waals surface area contributed by atoms with Gasteiger partial charge in [0.25, 0.3) is 0 Å². The summed E-state index contributed by atoms with van der Waals surface area (Å²) in [5, 5.41) is 3.53. The van der Waals surface area contributed by atoms with Gasteiger partial charge in [0, 0.05) is 24.7 Å². The van der Waals surface area contributed by atoms with Crippen molar-refractivity contribution in [3.05, 3.63) is 0 Å². The largest absolute Gasteiger partial charge is 0.337 e. The van der Waals surface area contributed by atoms with Crippen LogP contribution >= 0.6 is 0 Å². The Hall–Kier alpha value is -0.570. The third kappa shape index (κ3) is 2.65. The van der Waals surface area contributed by atoms with E-state index in [-0.39, 0.29) is 11.0 Å². The average molecular weight is 238 g/mol. The predicted molar refractivity (Wildman–Crippen MR) is 69.8 cm³/mol. The molecule has 3 nitrogen and oxygen atoms in total. The van der Waals surface area contributed by atoms with E-state index in [1.165, 1.54) is 25.7 Å². The van der Waals surface area contributed by atoms with Crippen molar-refractivity contribution in [3.8, 4) is 0 Å². The molecule has 1 aliphatic carbocycles. The van der Waals surface area contributed by atoms with Crippen molar-refractivity contribution in [2.45, 2.75) is 65.0 Å². The lowest BCUT2D eigenvalue weighted by Gasteiger charge is -2.35. The number of carbonyl (C=O) groups excluding carboxylic acids is 1. The van der Waals surface area contributed by atoms with Crippen molar-refractivity contribution < 1.29 is 4.79 Å². The molecule has 0 aromatic heterocycles. The maximum Gasteiger partial charge on any atom is 0.229 e. The molecule has 2 aliphatic rings. The van der Waals surface area contributed by atoms with Gasteiger partial charge >= 0.3 is 0 Å². The summed E-state index contributed by atoms with van der Waals surface area (Å²) in [5.41, 5.74) is -0.234. The summed E-state index contributed by atoms with van der Waals surface area (Å²) in [4.78, 5) is 14.8. The molecule has 3 heteroatoms. The first kappa shape index (κ1) is 12.9. The average Bonchev–Trinajstić information content (AvgIpc) is 2.73. The van der Waals surface area contributed by atoms with E-state index in [1.807, 2.05) is 0 Å². The molecule has 0 spiro atoms. The summed E-state index contributed by atoms with van der Waals surface area (Å²) >= 11 is 0. The lowest BCUT2D eigenvalue weighted by atomic mass is 9.91. The third-order valence-corrected chi connectivity index (χ3v) is 4.18. The van der Waals surface area contributed by atoms with Crippen LogP contribution in [0.5, 0.6) is 0 Å². The summed E-state index contributed by atoms with van der Waals surface area (Å²) < 4.78 is 0. The zero-order valence-corrected chi connectivity index (χ0v) is 11.7. The van der Waals surface area contributed by atoms with Crippen LogP contribution in [0.3, 0.4) is 0 Å². The van der Waals surface area contributed by atoms with Crippen LogP contribution in [-0.2, 0) is 4.79 Å². The summed E-state index contributed by atoms with van der Waals surface area (Å²) in [6, 6.07) is 0.487. The van der Waals surface area contributed by atoms with Crippen LogP contribution in [0.2, 0.25) is 0 Å². The maximum atomic E-state index is 12.6. The minimum Gasteiger partial charge on any atom is -0.337 e. The Morgan fingerprint density at radius 1 is 1.18 bits per heavy atom. The number of amides is 1. The van der Waals surface area contributed by atoms with E-state index in [0.717, 1.165) is 13.1 Å². The SMILES string of the molecule is CC1(C)CN(C2CCCC2)C(=O)C(C)(C)CN1. The van der Waals surface area contributed by atoms with Gasteiger partial charge in [-0.15, -0.1) is 0 Å². The van der Waals surface area contributed by atoms with E-state index >= 15 is 0 Å². The van der Waals surface area contributed by atoms with Gasteiger partial charge in [0.05, 0.1) is 5.41 Å². The van der Waals surface area contributed by atoms with Crippen LogP contribution in [0.15, 0.2) is 0 Å². The van der Waals surface area contributed by atoms with Gasteiger partial charge in [-0.3, -0.25) is 4.79 Å². The summed E-state index contributed by atoms with van der Waals surface area (Å²) in [6.07, 6.45) is 4.95. The van der Waals surface area contributed by atoms with E-state index in [1.54, 1.807) is 0 Å². The zero-order valence-electron chi connectivity index (χ0n) is 11.7. The van der Waals surface area contributed by atoms with Crippen molar-refractivity contribution in [2.75, 3.05) is 13.1 Å². The van der Waals surface area contributed by atoms with Gasteiger partial charge in [-0.2, -0.15) is 0 Å². The normalized spacial score (nSPS) is 29.4. The number of rotatable bonds is 1. The zero-order chi connectivity index (χ0) is 12.7. The van der Waals surface area contributed by atoms with Crippen LogP contribution in [0.1, 0.15) is 53.4 Å². The van der Waals surface area contributed by atoms with Gasteiger partial charge in [0.1, 0.15) is 0 Å². The standard InChI is InChI=1S/C14H26N2O/c1-13(2)9-15-14(3,4)10-16(12(13)17)11-7-5-6-8-11/h11,15H,5-10H2,1-4H3. The first-order valence-electron chi connectivity index (χ1n) is 6.88. The van der Waals surface area contributed by atoms with Crippen molar-refractivity contribution >= 4 is 5.91 Å². The fraction of sp³-hybridized carbons (Fsp3) is 0.929. The molecule has 0 aromatic carbocycles. The Labute approximate surface area is 105 Å². The van der Waals surface area contributed by atoms with Gasteiger partial charge in [0.15, 0.2) is 0 Å². The molecule has 98 valence electrons. The molecule has 17 heavy (non-hydrogen) atoms. The second kappa shape index (κ2) is 4.27. The highest BCUT2D eigenvalue weighted by Crippen LogP contribution is 2.31. The molecule has 1 aliphatic heterocycles. The molecule has 2 fully saturated rings. The molecular weight excluding hydrogens is 212 g/mol. The number of hydrogen-bond donors (Lipinski definition) is 1. The Kier molecular flexibility index (Phi) is 3.23. The molecule has 1 saturated heterocycles. The molecule has 1 saturated carbocycles. The highest BCUT2D eigenvalue weighted by atomic mass is 16.2. The first-order valence-corrected chi connectivity index (χ1v) is 6.88. The van der Waals surface area contributed by atoms with E-state index in [4.69, 9.17) is 0 Å². The predicted octanol–water partition coefficient (Wildman–Crippen LogP) is 2.17. The number of hydrogen-bond acceptors (Lipinski definition) is 2. The van der Waals surface area contributed by atoms with Crippen molar-refractivity contribution in [1.82, 2.24) is 10.2 Å². The number of nitrogens with zero attached hydrogens (tertiary/aromatic N) is 1. The molecule has 1 N–H and O–H groups in total. The Morgan fingerprint density at radius 3 is 2.35 bits per heavy atom. The van der Waals surface area contributed by atoms with Gasteiger partial charge < -0.3 is 10.2 Å². The molecule has 0 unspecified atom stereocenters. The molecule has 0 radical (unpaired) electrons. The summed E-state index contributed by atoms with van der Waals surface area (Å²) in [5.74, 6) is 0.336. The Bertz CT molecular complexity index is 303.